The van der Waals surface area contributed by atoms with Crippen LogP contribution in [0.25, 0.3) is 22.9 Å². The summed E-state index contributed by atoms with van der Waals surface area (Å²) in [7, 11) is 0. The number of fused-ring (bicyclic) bond motifs is 1. The first kappa shape index (κ1) is 20.4. The van der Waals surface area contributed by atoms with E-state index in [1.165, 1.54) is 24.3 Å². The third kappa shape index (κ3) is 4.48. The van der Waals surface area contributed by atoms with Crippen LogP contribution in [0.3, 0.4) is 0 Å². The number of phenolic OH excluding ortho intramolecular Hbond substituents is 1. The predicted octanol–water partition coefficient (Wildman–Crippen LogP) is 6.69. The summed E-state index contributed by atoms with van der Waals surface area (Å²) >= 11 is 0. The third-order valence-electron chi connectivity index (χ3n) is 5.12. The maximum atomic E-state index is 13.1. The van der Waals surface area contributed by atoms with Crippen molar-refractivity contribution >= 4 is 28.9 Å². The lowest BCUT2D eigenvalue weighted by atomic mass is 9.99. The molecule has 0 amide bonds. The quantitative estimate of drug-likeness (QED) is 0.231. The first-order valence-electron chi connectivity index (χ1n) is 9.89. The minimum atomic E-state index is -0.511. The van der Waals surface area contributed by atoms with Crippen molar-refractivity contribution in [2.24, 2.45) is 0 Å². The summed E-state index contributed by atoms with van der Waals surface area (Å²) in [6.45, 7) is 3.72. The van der Waals surface area contributed by atoms with Crippen molar-refractivity contribution in [3.63, 3.8) is 0 Å². The second-order valence-corrected chi connectivity index (χ2v) is 7.47. The molecule has 0 fully saturated rings. The van der Waals surface area contributed by atoms with Gasteiger partial charge >= 0.3 is 5.97 Å². The molecule has 0 heterocycles. The van der Waals surface area contributed by atoms with Gasteiger partial charge in [0.15, 0.2) is 0 Å². The number of hydrogen-bond acceptors (Lipinski definition) is 3. The summed E-state index contributed by atoms with van der Waals surface area (Å²) in [5.74, 6) is -0.319. The Morgan fingerprint density at radius 1 is 0.903 bits per heavy atom. The largest absolute Gasteiger partial charge is 0.507 e. The van der Waals surface area contributed by atoms with E-state index in [0.717, 1.165) is 33.0 Å². The Morgan fingerprint density at radius 2 is 1.58 bits per heavy atom. The molecule has 0 unspecified atom stereocenters. The molecule has 0 radical (unpaired) electrons. The number of esters is 1. The van der Waals surface area contributed by atoms with Crippen LogP contribution in [-0.2, 0) is 0 Å². The van der Waals surface area contributed by atoms with Gasteiger partial charge in [0.2, 0.25) is 0 Å². The summed E-state index contributed by atoms with van der Waals surface area (Å²) in [5, 5.41) is 11.9. The molecule has 3 nitrogen and oxygen atoms in total. The van der Waals surface area contributed by atoms with Crippen molar-refractivity contribution in [3.05, 3.63) is 106 Å². The molecular weight excluding hydrogens is 391 g/mol. The van der Waals surface area contributed by atoms with Crippen LogP contribution in [0, 0.1) is 19.7 Å². The fourth-order valence-electron chi connectivity index (χ4n) is 3.54. The summed E-state index contributed by atoms with van der Waals surface area (Å²) < 4.78 is 18.5. The van der Waals surface area contributed by atoms with Crippen LogP contribution >= 0.6 is 0 Å². The summed E-state index contributed by atoms with van der Waals surface area (Å²) in [5.41, 5.74) is 3.84. The van der Waals surface area contributed by atoms with Gasteiger partial charge in [0.05, 0.1) is 5.56 Å². The summed E-state index contributed by atoms with van der Waals surface area (Å²) in [4.78, 5) is 12.7. The average Bonchev–Trinajstić information content (AvgIpc) is 2.77. The highest BCUT2D eigenvalue weighted by Gasteiger charge is 2.12. The van der Waals surface area contributed by atoms with Crippen LogP contribution in [0.15, 0.2) is 72.8 Å². The molecule has 4 aromatic rings. The fraction of sp³-hybridized carbons (Fsp3) is 0.0741. The zero-order chi connectivity index (χ0) is 22.0. The number of carbonyl (C=O) groups excluding carboxylic acids is 1. The van der Waals surface area contributed by atoms with Gasteiger partial charge in [-0.3, -0.25) is 0 Å². The minimum absolute atomic E-state index is 0.284. The van der Waals surface area contributed by atoms with E-state index >= 15 is 0 Å². The van der Waals surface area contributed by atoms with E-state index in [-0.39, 0.29) is 5.75 Å². The zero-order valence-electron chi connectivity index (χ0n) is 17.2. The Kier molecular flexibility index (Phi) is 5.54. The van der Waals surface area contributed by atoms with Crippen LogP contribution in [0.4, 0.5) is 4.39 Å². The predicted molar refractivity (Wildman–Crippen MR) is 122 cm³/mol. The van der Waals surface area contributed by atoms with Gasteiger partial charge in [-0.2, -0.15) is 0 Å². The highest BCUT2D eigenvalue weighted by Crippen LogP contribution is 2.27. The van der Waals surface area contributed by atoms with E-state index in [1.807, 2.05) is 62.4 Å². The molecular formula is C27H21FO3. The van der Waals surface area contributed by atoms with Gasteiger partial charge in [-0.25, -0.2) is 9.18 Å². The van der Waals surface area contributed by atoms with Crippen LogP contribution in [-0.4, -0.2) is 11.1 Å². The van der Waals surface area contributed by atoms with Crippen LogP contribution in [0.5, 0.6) is 11.5 Å². The Labute approximate surface area is 180 Å². The van der Waals surface area contributed by atoms with E-state index < -0.39 is 11.8 Å². The van der Waals surface area contributed by atoms with Gasteiger partial charge in [0.25, 0.3) is 0 Å². The van der Waals surface area contributed by atoms with Gasteiger partial charge < -0.3 is 9.84 Å². The number of phenols is 1. The van der Waals surface area contributed by atoms with Crippen LogP contribution in [0.2, 0.25) is 0 Å². The van der Waals surface area contributed by atoms with Crippen molar-refractivity contribution in [1.29, 1.82) is 0 Å². The molecule has 0 aliphatic heterocycles. The SMILES string of the molecule is Cc1cc(/C=C/c2cc(C(=O)Oc3ccc(F)cc3)cc3ccccc23)cc(C)c1O. The molecule has 0 aliphatic carbocycles. The Hall–Kier alpha value is -3.92. The normalized spacial score (nSPS) is 11.2. The van der Waals surface area contributed by atoms with Crippen LogP contribution < -0.4 is 4.74 Å². The van der Waals surface area contributed by atoms with Crippen molar-refractivity contribution in [2.45, 2.75) is 13.8 Å². The number of halogens is 1. The van der Waals surface area contributed by atoms with E-state index in [2.05, 4.69) is 0 Å². The number of aryl methyl sites for hydroxylation is 2. The molecule has 4 heteroatoms. The fourth-order valence-corrected chi connectivity index (χ4v) is 3.54. The topological polar surface area (TPSA) is 46.5 Å². The zero-order valence-corrected chi connectivity index (χ0v) is 17.2. The molecule has 0 spiro atoms. The Morgan fingerprint density at radius 3 is 2.29 bits per heavy atom. The van der Waals surface area contributed by atoms with Crippen molar-refractivity contribution < 1.29 is 19.0 Å². The second kappa shape index (κ2) is 8.44. The summed E-state index contributed by atoms with van der Waals surface area (Å²) in [6, 6.07) is 20.5. The standard InChI is InChI=1S/C27H21FO3/c1-17-13-19(14-18(2)26(17)29)7-8-21-16-22(15-20-5-3-4-6-25(20)21)27(30)31-24-11-9-23(28)10-12-24/h3-16,29H,1-2H3/b8-7+. The molecule has 4 rings (SSSR count). The van der Waals surface area contributed by atoms with Gasteiger partial charge in [0, 0.05) is 0 Å². The number of hydrogen-bond donors (Lipinski definition) is 1. The smallest absolute Gasteiger partial charge is 0.343 e. The lowest BCUT2D eigenvalue weighted by Crippen LogP contribution is -2.08. The summed E-state index contributed by atoms with van der Waals surface area (Å²) in [6.07, 6.45) is 3.90. The molecule has 0 aromatic heterocycles. The number of carbonyl (C=O) groups is 1. The second-order valence-electron chi connectivity index (χ2n) is 7.47. The highest BCUT2D eigenvalue weighted by atomic mass is 19.1. The number of aromatic hydroxyl groups is 1. The molecule has 31 heavy (non-hydrogen) atoms. The van der Waals surface area contributed by atoms with Crippen molar-refractivity contribution in [2.75, 3.05) is 0 Å². The Bertz CT molecular complexity index is 1280. The molecule has 0 atom stereocenters. The highest BCUT2D eigenvalue weighted by molar-refractivity contribution is 6.01. The van der Waals surface area contributed by atoms with Crippen molar-refractivity contribution in [1.82, 2.24) is 0 Å². The molecule has 0 bridgehead atoms. The number of ether oxygens (including phenoxy) is 1. The third-order valence-corrected chi connectivity index (χ3v) is 5.12. The van der Waals surface area contributed by atoms with E-state index in [0.29, 0.717) is 11.3 Å². The Balaban J connectivity index is 1.71. The van der Waals surface area contributed by atoms with Gasteiger partial charge in [-0.1, -0.05) is 36.4 Å². The van der Waals surface area contributed by atoms with E-state index in [1.54, 1.807) is 12.1 Å². The van der Waals surface area contributed by atoms with Gasteiger partial charge in [0.1, 0.15) is 17.3 Å². The lowest BCUT2D eigenvalue weighted by molar-refractivity contribution is 0.0734. The molecule has 154 valence electrons. The first-order valence-corrected chi connectivity index (χ1v) is 9.89. The molecule has 1 N–H and O–H groups in total. The maximum absolute atomic E-state index is 13.1. The molecule has 0 aliphatic rings. The van der Waals surface area contributed by atoms with E-state index in [4.69, 9.17) is 4.74 Å². The van der Waals surface area contributed by atoms with E-state index in [9.17, 15) is 14.3 Å². The monoisotopic (exact) mass is 412 g/mol. The maximum Gasteiger partial charge on any atom is 0.343 e. The molecule has 4 aromatic carbocycles. The van der Waals surface area contributed by atoms with Gasteiger partial charge in [-0.15, -0.1) is 0 Å². The lowest BCUT2D eigenvalue weighted by Gasteiger charge is -2.09. The molecule has 0 saturated heterocycles. The average molecular weight is 412 g/mol. The molecule has 0 saturated carbocycles. The number of rotatable bonds is 4. The van der Waals surface area contributed by atoms with Crippen molar-refractivity contribution in [3.8, 4) is 11.5 Å². The minimum Gasteiger partial charge on any atom is -0.507 e. The number of benzene rings is 4. The van der Waals surface area contributed by atoms with Crippen LogP contribution in [0.1, 0.15) is 32.6 Å². The first-order chi connectivity index (χ1) is 14.9. The van der Waals surface area contributed by atoms with Gasteiger partial charge in [-0.05, 0) is 95.4 Å².